The van der Waals surface area contributed by atoms with Crippen molar-refractivity contribution < 1.29 is 0 Å². The number of benzene rings is 3. The van der Waals surface area contributed by atoms with Crippen LogP contribution in [-0.2, 0) is 0 Å². The largest absolute Gasteiger partial charge is 0.359 e. The number of nitrogens with one attached hydrogen (secondary N) is 1. The average Bonchev–Trinajstić information content (AvgIpc) is 2.87. The van der Waals surface area contributed by atoms with Gasteiger partial charge >= 0.3 is 0 Å². The van der Waals surface area contributed by atoms with E-state index in [4.69, 9.17) is 16.6 Å². The summed E-state index contributed by atoms with van der Waals surface area (Å²) in [5.74, 6) is 1.10. The first-order chi connectivity index (χ1) is 16.6. The highest BCUT2D eigenvalue weighted by atomic mass is 35.5. The molecule has 3 aromatic carbocycles. The quantitative estimate of drug-likeness (QED) is 0.371. The number of para-hydroxylation sites is 1. The Hall–Kier alpha value is -4.28. The summed E-state index contributed by atoms with van der Waals surface area (Å²) >= 11 is 6.40. The molecule has 0 amide bonds. The lowest BCUT2D eigenvalue weighted by atomic mass is 10.1. The molecule has 2 heterocycles. The van der Waals surface area contributed by atoms with Gasteiger partial charge in [0, 0.05) is 5.39 Å². The predicted octanol–water partition coefficient (Wildman–Crippen LogP) is 5.42. The van der Waals surface area contributed by atoms with Crippen LogP contribution in [-0.4, -0.2) is 19.5 Å². The maximum absolute atomic E-state index is 13.7. The van der Waals surface area contributed by atoms with Crippen molar-refractivity contribution in [1.29, 1.82) is 5.26 Å². The number of anilines is 1. The van der Waals surface area contributed by atoms with E-state index < -0.39 is 0 Å². The van der Waals surface area contributed by atoms with Crippen LogP contribution in [0.2, 0.25) is 5.02 Å². The highest BCUT2D eigenvalue weighted by Crippen LogP contribution is 2.28. The lowest BCUT2D eigenvalue weighted by Gasteiger charge is -2.23. The summed E-state index contributed by atoms with van der Waals surface area (Å²) in [4.78, 5) is 27.3. The third kappa shape index (κ3) is 3.74. The summed E-state index contributed by atoms with van der Waals surface area (Å²) in [6.45, 7) is 2.01. The highest BCUT2D eigenvalue weighted by Gasteiger charge is 2.22. The van der Waals surface area contributed by atoms with Gasteiger partial charge in [-0.05, 0) is 48.9 Å². The molecule has 5 aromatic rings. The van der Waals surface area contributed by atoms with Gasteiger partial charge in [0.05, 0.1) is 44.8 Å². The van der Waals surface area contributed by atoms with Crippen molar-refractivity contribution in [3.63, 3.8) is 0 Å². The molecular formula is C26H19ClN6O. The fourth-order valence-electron chi connectivity index (χ4n) is 4.02. The number of aromatic nitrogens is 4. The van der Waals surface area contributed by atoms with Crippen molar-refractivity contribution in [1.82, 2.24) is 19.5 Å². The zero-order valence-corrected chi connectivity index (χ0v) is 19.0. The summed E-state index contributed by atoms with van der Waals surface area (Å²) in [7, 11) is 0. The maximum Gasteiger partial charge on any atom is 0.267 e. The Morgan fingerprint density at radius 1 is 1.06 bits per heavy atom. The van der Waals surface area contributed by atoms with E-state index in [0.29, 0.717) is 50.8 Å². The Labute approximate surface area is 200 Å². The Morgan fingerprint density at radius 2 is 1.88 bits per heavy atom. The molecule has 1 N–H and O–H groups in total. The number of hydrogen-bond donors (Lipinski definition) is 1. The van der Waals surface area contributed by atoms with E-state index in [0.717, 1.165) is 5.39 Å². The van der Waals surface area contributed by atoms with Crippen LogP contribution in [0.15, 0.2) is 77.9 Å². The number of rotatable bonds is 5. The fourth-order valence-corrected chi connectivity index (χ4v) is 4.27. The Balaban J connectivity index is 1.73. The molecule has 0 saturated carbocycles. The summed E-state index contributed by atoms with van der Waals surface area (Å²) in [6.07, 6.45) is 2.09. The zero-order chi connectivity index (χ0) is 23.7. The van der Waals surface area contributed by atoms with Crippen molar-refractivity contribution in [3.05, 3.63) is 99.8 Å². The molecule has 0 saturated heterocycles. The Morgan fingerprint density at radius 3 is 2.65 bits per heavy atom. The zero-order valence-electron chi connectivity index (χ0n) is 18.2. The van der Waals surface area contributed by atoms with E-state index in [9.17, 15) is 10.1 Å². The first-order valence-corrected chi connectivity index (χ1v) is 11.2. The van der Waals surface area contributed by atoms with Crippen LogP contribution in [0.25, 0.3) is 27.5 Å². The van der Waals surface area contributed by atoms with Gasteiger partial charge in [0.15, 0.2) is 0 Å². The van der Waals surface area contributed by atoms with Gasteiger partial charge in [-0.2, -0.15) is 5.26 Å². The lowest BCUT2D eigenvalue weighted by molar-refractivity contribution is 0.659. The summed E-state index contributed by atoms with van der Waals surface area (Å²) in [6, 6.07) is 21.7. The van der Waals surface area contributed by atoms with Gasteiger partial charge in [-0.25, -0.2) is 15.0 Å². The first kappa shape index (κ1) is 21.6. The topological polar surface area (TPSA) is 96.5 Å². The molecule has 0 aliphatic heterocycles. The molecule has 34 heavy (non-hydrogen) atoms. The van der Waals surface area contributed by atoms with Crippen molar-refractivity contribution in [2.24, 2.45) is 0 Å². The molecule has 1 atom stereocenters. The van der Waals surface area contributed by atoms with Crippen LogP contribution in [0.3, 0.4) is 0 Å². The second-order valence-corrected chi connectivity index (χ2v) is 8.16. The molecule has 0 bridgehead atoms. The fraction of sp³-hybridized carbons (Fsp3) is 0.115. The van der Waals surface area contributed by atoms with Crippen molar-refractivity contribution in [2.45, 2.75) is 19.4 Å². The monoisotopic (exact) mass is 466 g/mol. The molecule has 0 radical (unpaired) electrons. The molecule has 7 nitrogen and oxygen atoms in total. The van der Waals surface area contributed by atoms with Crippen LogP contribution in [0.5, 0.6) is 0 Å². The molecule has 0 spiro atoms. The van der Waals surface area contributed by atoms with Crippen LogP contribution < -0.4 is 10.9 Å². The average molecular weight is 467 g/mol. The van der Waals surface area contributed by atoms with Gasteiger partial charge in [-0.3, -0.25) is 9.36 Å². The first-order valence-electron chi connectivity index (χ1n) is 10.8. The number of nitrogens with zero attached hydrogens (tertiary/aromatic N) is 5. The van der Waals surface area contributed by atoms with Crippen molar-refractivity contribution in [2.75, 3.05) is 5.32 Å². The van der Waals surface area contributed by atoms with E-state index in [2.05, 4.69) is 21.4 Å². The molecule has 8 heteroatoms. The number of fused-ring (bicyclic) bond motifs is 2. The summed E-state index contributed by atoms with van der Waals surface area (Å²) in [5, 5.41) is 14.2. The Kier molecular flexibility index (Phi) is 5.66. The molecule has 2 aromatic heterocycles. The van der Waals surface area contributed by atoms with Crippen LogP contribution in [0.4, 0.5) is 5.82 Å². The molecule has 1 unspecified atom stereocenters. The third-order valence-corrected chi connectivity index (χ3v) is 6.00. The minimum atomic E-state index is -0.361. The van der Waals surface area contributed by atoms with Gasteiger partial charge in [0.1, 0.15) is 18.0 Å². The standard InChI is InChI=1S/C26H19ClN6O/c1-2-20(31-24-18-13-16(14-28)11-12-21(18)29-15-30-24)25-32-22-10-6-9-19(27)23(22)26(34)33(25)17-7-4-3-5-8-17/h3-13,15,20H,2H2,1H3,(H,29,30,31). The van der Waals surface area contributed by atoms with E-state index in [-0.39, 0.29) is 11.6 Å². The van der Waals surface area contributed by atoms with Crippen molar-refractivity contribution in [3.8, 4) is 11.8 Å². The van der Waals surface area contributed by atoms with Crippen LogP contribution in [0, 0.1) is 11.3 Å². The van der Waals surface area contributed by atoms with Gasteiger partial charge in [0.25, 0.3) is 5.56 Å². The number of nitriles is 1. The summed E-state index contributed by atoms with van der Waals surface area (Å²) in [5.41, 5.74) is 2.20. The van der Waals surface area contributed by atoms with Gasteiger partial charge in [0.2, 0.25) is 0 Å². The van der Waals surface area contributed by atoms with Crippen LogP contribution >= 0.6 is 11.6 Å². The molecule has 0 aliphatic carbocycles. The van der Waals surface area contributed by atoms with Gasteiger partial charge in [-0.15, -0.1) is 0 Å². The van der Waals surface area contributed by atoms with E-state index in [1.807, 2.05) is 37.3 Å². The molecule has 5 rings (SSSR count). The van der Waals surface area contributed by atoms with Crippen LogP contribution in [0.1, 0.15) is 30.8 Å². The molecule has 166 valence electrons. The normalized spacial score (nSPS) is 11.9. The molecule has 0 aliphatic rings. The van der Waals surface area contributed by atoms with E-state index >= 15 is 0 Å². The lowest BCUT2D eigenvalue weighted by Crippen LogP contribution is -2.28. The maximum atomic E-state index is 13.7. The SMILES string of the molecule is CCC(Nc1ncnc2ccc(C#N)cc12)c1nc2cccc(Cl)c2c(=O)n1-c1ccccc1. The minimum absolute atomic E-state index is 0.239. The number of halogens is 1. The second kappa shape index (κ2) is 8.93. The smallest absolute Gasteiger partial charge is 0.267 e. The summed E-state index contributed by atoms with van der Waals surface area (Å²) < 4.78 is 1.60. The van der Waals surface area contributed by atoms with E-state index in [1.54, 1.807) is 41.0 Å². The predicted molar refractivity (Wildman–Crippen MR) is 133 cm³/mol. The molecular weight excluding hydrogens is 448 g/mol. The highest BCUT2D eigenvalue weighted by molar-refractivity contribution is 6.35. The molecule has 0 fully saturated rings. The van der Waals surface area contributed by atoms with Gasteiger partial charge < -0.3 is 5.32 Å². The third-order valence-electron chi connectivity index (χ3n) is 5.68. The number of hydrogen-bond acceptors (Lipinski definition) is 6. The van der Waals surface area contributed by atoms with Gasteiger partial charge in [-0.1, -0.05) is 42.8 Å². The van der Waals surface area contributed by atoms with Crippen molar-refractivity contribution >= 4 is 39.2 Å². The van der Waals surface area contributed by atoms with E-state index in [1.165, 1.54) is 6.33 Å². The second-order valence-electron chi connectivity index (χ2n) is 7.75. The minimum Gasteiger partial charge on any atom is -0.359 e. The Bertz CT molecular complexity index is 1620.